The lowest BCUT2D eigenvalue weighted by Gasteiger charge is -2.27. The van der Waals surface area contributed by atoms with Crippen LogP contribution in [0, 0.1) is 0 Å². The lowest BCUT2D eigenvalue weighted by molar-refractivity contribution is -0.123. The van der Waals surface area contributed by atoms with Gasteiger partial charge < -0.3 is 10.1 Å². The summed E-state index contributed by atoms with van der Waals surface area (Å²) in [6, 6.07) is 18.3. The van der Waals surface area contributed by atoms with Crippen LogP contribution in [0.5, 0.6) is 5.75 Å². The maximum Gasteiger partial charge on any atom is 0.237 e. The Bertz CT molecular complexity index is 709. The van der Waals surface area contributed by atoms with Crippen molar-refractivity contribution in [2.75, 3.05) is 7.11 Å². The highest BCUT2D eigenvalue weighted by Gasteiger charge is 2.23. The topological polar surface area (TPSA) is 50.4 Å². The molecule has 4 nitrogen and oxygen atoms in total. The second kappa shape index (κ2) is 9.56. The summed E-state index contributed by atoms with van der Waals surface area (Å²) in [7, 11) is 1.67. The zero-order chi connectivity index (χ0) is 19.1. The second-order valence-electron chi connectivity index (χ2n) is 7.35. The Morgan fingerprint density at radius 2 is 1.59 bits per heavy atom. The standard InChI is InChI=1S/C23H30N2O2/c1-17(23(26)25-20-11-7-4-8-12-20)24-22(18-9-5-3-6-10-18)19-13-15-21(27-2)16-14-19/h3,5-6,9-10,13-17,20,22,24H,4,7-8,11-12H2,1-2H3,(H,25,26). The van der Waals surface area contributed by atoms with Crippen molar-refractivity contribution in [2.45, 2.75) is 57.2 Å². The zero-order valence-electron chi connectivity index (χ0n) is 16.3. The van der Waals surface area contributed by atoms with Gasteiger partial charge in [0, 0.05) is 6.04 Å². The summed E-state index contributed by atoms with van der Waals surface area (Å²) in [6.45, 7) is 1.94. The molecule has 0 aromatic heterocycles. The SMILES string of the molecule is COc1ccc(C(NC(C)C(=O)NC2CCCCC2)c2ccccc2)cc1. The molecule has 2 atom stereocenters. The van der Waals surface area contributed by atoms with Crippen LogP contribution >= 0.6 is 0 Å². The highest BCUT2D eigenvalue weighted by Crippen LogP contribution is 2.25. The summed E-state index contributed by atoms with van der Waals surface area (Å²) in [5.41, 5.74) is 2.25. The molecule has 27 heavy (non-hydrogen) atoms. The number of amides is 1. The first-order valence-corrected chi connectivity index (χ1v) is 9.92. The minimum Gasteiger partial charge on any atom is -0.497 e. The van der Waals surface area contributed by atoms with E-state index in [9.17, 15) is 4.79 Å². The third-order valence-corrected chi connectivity index (χ3v) is 5.34. The number of rotatable bonds is 7. The van der Waals surface area contributed by atoms with Crippen LogP contribution < -0.4 is 15.4 Å². The highest BCUT2D eigenvalue weighted by molar-refractivity contribution is 5.81. The van der Waals surface area contributed by atoms with E-state index in [1.807, 2.05) is 37.3 Å². The normalized spacial score (nSPS) is 17.1. The lowest BCUT2D eigenvalue weighted by Crippen LogP contribution is -2.47. The van der Waals surface area contributed by atoms with Gasteiger partial charge in [-0.25, -0.2) is 0 Å². The maximum absolute atomic E-state index is 12.7. The van der Waals surface area contributed by atoms with Crippen LogP contribution in [0.25, 0.3) is 0 Å². The Morgan fingerprint density at radius 1 is 0.963 bits per heavy atom. The van der Waals surface area contributed by atoms with Gasteiger partial charge in [-0.05, 0) is 43.0 Å². The minimum absolute atomic E-state index is 0.0517. The Morgan fingerprint density at radius 3 is 2.22 bits per heavy atom. The van der Waals surface area contributed by atoms with E-state index in [1.165, 1.54) is 19.3 Å². The fourth-order valence-electron chi connectivity index (χ4n) is 3.73. The number of carbonyl (C=O) groups excluding carboxylic acids is 1. The highest BCUT2D eigenvalue weighted by atomic mass is 16.5. The molecule has 144 valence electrons. The van der Waals surface area contributed by atoms with Gasteiger partial charge in [0.25, 0.3) is 0 Å². The summed E-state index contributed by atoms with van der Waals surface area (Å²) in [5, 5.41) is 6.75. The van der Waals surface area contributed by atoms with Crippen LogP contribution in [0.2, 0.25) is 0 Å². The molecule has 1 aliphatic carbocycles. The third-order valence-electron chi connectivity index (χ3n) is 5.34. The quantitative estimate of drug-likeness (QED) is 0.772. The summed E-state index contributed by atoms with van der Waals surface area (Å²) in [5.74, 6) is 0.907. The molecular weight excluding hydrogens is 336 g/mol. The molecule has 1 amide bonds. The van der Waals surface area contributed by atoms with Crippen LogP contribution in [0.1, 0.15) is 56.2 Å². The van der Waals surface area contributed by atoms with Gasteiger partial charge in [0.1, 0.15) is 5.75 Å². The molecule has 4 heteroatoms. The monoisotopic (exact) mass is 366 g/mol. The lowest BCUT2D eigenvalue weighted by atomic mass is 9.95. The van der Waals surface area contributed by atoms with Gasteiger partial charge in [0.05, 0.1) is 19.2 Å². The van der Waals surface area contributed by atoms with E-state index in [0.29, 0.717) is 6.04 Å². The Balaban J connectivity index is 1.73. The smallest absolute Gasteiger partial charge is 0.237 e. The van der Waals surface area contributed by atoms with Crippen molar-refractivity contribution in [3.8, 4) is 5.75 Å². The van der Waals surface area contributed by atoms with Gasteiger partial charge in [-0.2, -0.15) is 0 Å². The Labute approximate surface area is 162 Å². The van der Waals surface area contributed by atoms with Gasteiger partial charge in [-0.3, -0.25) is 10.1 Å². The molecule has 0 spiro atoms. The molecule has 2 aromatic carbocycles. The van der Waals surface area contributed by atoms with E-state index in [1.54, 1.807) is 7.11 Å². The van der Waals surface area contributed by atoms with Crippen LogP contribution in [0.4, 0.5) is 0 Å². The molecular formula is C23H30N2O2. The fraction of sp³-hybridized carbons (Fsp3) is 0.435. The van der Waals surface area contributed by atoms with Crippen LogP contribution in [0.15, 0.2) is 54.6 Å². The van der Waals surface area contributed by atoms with Crippen molar-refractivity contribution < 1.29 is 9.53 Å². The van der Waals surface area contributed by atoms with Crippen LogP contribution in [-0.2, 0) is 4.79 Å². The predicted molar refractivity (Wildman–Crippen MR) is 109 cm³/mol. The molecule has 0 saturated heterocycles. The fourth-order valence-corrected chi connectivity index (χ4v) is 3.73. The van der Waals surface area contributed by atoms with Gasteiger partial charge in [-0.1, -0.05) is 61.7 Å². The predicted octanol–water partition coefficient (Wildman–Crippen LogP) is 4.21. The van der Waals surface area contributed by atoms with Crippen molar-refractivity contribution in [1.29, 1.82) is 0 Å². The number of carbonyl (C=O) groups is 1. The number of hydrogen-bond donors (Lipinski definition) is 2. The van der Waals surface area contributed by atoms with E-state index in [0.717, 1.165) is 29.7 Å². The first-order chi connectivity index (χ1) is 13.2. The molecule has 3 rings (SSSR count). The van der Waals surface area contributed by atoms with Crippen LogP contribution in [0.3, 0.4) is 0 Å². The van der Waals surface area contributed by atoms with Gasteiger partial charge in [0.2, 0.25) is 5.91 Å². The van der Waals surface area contributed by atoms with Crippen molar-refractivity contribution in [2.24, 2.45) is 0 Å². The molecule has 1 aliphatic rings. The van der Waals surface area contributed by atoms with E-state index in [4.69, 9.17) is 4.74 Å². The van der Waals surface area contributed by atoms with E-state index < -0.39 is 0 Å². The summed E-state index contributed by atoms with van der Waals surface area (Å²) in [4.78, 5) is 12.7. The maximum atomic E-state index is 12.7. The molecule has 0 bridgehead atoms. The van der Waals surface area contributed by atoms with E-state index >= 15 is 0 Å². The molecule has 0 radical (unpaired) electrons. The molecule has 1 fully saturated rings. The van der Waals surface area contributed by atoms with Gasteiger partial charge >= 0.3 is 0 Å². The Kier molecular flexibility index (Phi) is 6.88. The van der Waals surface area contributed by atoms with Crippen molar-refractivity contribution in [3.05, 3.63) is 65.7 Å². The number of nitrogens with one attached hydrogen (secondary N) is 2. The van der Waals surface area contributed by atoms with Crippen molar-refractivity contribution >= 4 is 5.91 Å². The van der Waals surface area contributed by atoms with Crippen molar-refractivity contribution in [3.63, 3.8) is 0 Å². The molecule has 2 unspecified atom stereocenters. The third kappa shape index (κ3) is 5.33. The zero-order valence-corrected chi connectivity index (χ0v) is 16.3. The van der Waals surface area contributed by atoms with Gasteiger partial charge in [-0.15, -0.1) is 0 Å². The van der Waals surface area contributed by atoms with E-state index in [2.05, 4.69) is 34.9 Å². The molecule has 2 N–H and O–H groups in total. The average molecular weight is 367 g/mol. The number of ether oxygens (including phenoxy) is 1. The summed E-state index contributed by atoms with van der Waals surface area (Å²) >= 11 is 0. The molecule has 1 saturated carbocycles. The number of methoxy groups -OCH3 is 1. The molecule has 2 aromatic rings. The minimum atomic E-state index is -0.278. The average Bonchev–Trinajstić information content (AvgIpc) is 2.73. The largest absolute Gasteiger partial charge is 0.497 e. The molecule has 0 aliphatic heterocycles. The summed E-state index contributed by atoms with van der Waals surface area (Å²) < 4.78 is 5.27. The molecule has 0 heterocycles. The summed E-state index contributed by atoms with van der Waals surface area (Å²) in [6.07, 6.45) is 5.91. The van der Waals surface area contributed by atoms with E-state index in [-0.39, 0.29) is 18.0 Å². The first kappa shape index (κ1) is 19.4. The van der Waals surface area contributed by atoms with Crippen molar-refractivity contribution in [1.82, 2.24) is 10.6 Å². The number of benzene rings is 2. The second-order valence-corrected chi connectivity index (χ2v) is 7.35. The first-order valence-electron chi connectivity index (χ1n) is 9.92. The number of hydrogen-bond acceptors (Lipinski definition) is 3. The van der Waals surface area contributed by atoms with Crippen LogP contribution in [-0.4, -0.2) is 25.1 Å². The van der Waals surface area contributed by atoms with Gasteiger partial charge in [0.15, 0.2) is 0 Å². The Hall–Kier alpha value is -2.33.